The van der Waals surface area contributed by atoms with Gasteiger partial charge in [0.15, 0.2) is 0 Å². The number of hydrogen-bond acceptors (Lipinski definition) is 9. The molecule has 1 saturated heterocycles. The Bertz CT molecular complexity index is 1520. The highest BCUT2D eigenvalue weighted by Crippen LogP contribution is 2.41. The van der Waals surface area contributed by atoms with Crippen LogP contribution in [0, 0.1) is 17.2 Å². The van der Waals surface area contributed by atoms with Crippen LogP contribution in [0.4, 0.5) is 4.79 Å². The first-order chi connectivity index (χ1) is 18.3. The van der Waals surface area contributed by atoms with Crippen LogP contribution in [-0.2, 0) is 16.7 Å². The fourth-order valence-electron chi connectivity index (χ4n) is 5.78. The number of fused-ring (bicyclic) bond motifs is 1. The van der Waals surface area contributed by atoms with E-state index in [1.54, 1.807) is 23.4 Å². The van der Waals surface area contributed by atoms with E-state index >= 15 is 0 Å². The van der Waals surface area contributed by atoms with Crippen molar-refractivity contribution >= 4 is 17.1 Å². The second-order valence-electron chi connectivity index (χ2n) is 11.0. The lowest BCUT2D eigenvalue weighted by Gasteiger charge is -2.36. The Morgan fingerprint density at radius 3 is 2.92 bits per heavy atom. The minimum atomic E-state index is -0.576. The molecule has 6 rings (SSSR count). The molecule has 1 spiro atoms. The van der Waals surface area contributed by atoms with Crippen LogP contribution in [0.25, 0.3) is 22.4 Å². The van der Waals surface area contributed by atoms with Gasteiger partial charge in [0.1, 0.15) is 11.9 Å². The first kappa shape index (κ1) is 24.0. The molecular weight excluding hydrogens is 484 g/mol. The van der Waals surface area contributed by atoms with Crippen molar-refractivity contribution in [3.05, 3.63) is 54.7 Å². The minimum Gasteiger partial charge on any atom is -0.441 e. The first-order valence-corrected chi connectivity index (χ1v) is 12.8. The molecule has 194 valence electrons. The summed E-state index contributed by atoms with van der Waals surface area (Å²) >= 11 is 0. The van der Waals surface area contributed by atoms with Gasteiger partial charge in [0.05, 0.1) is 46.5 Å². The van der Waals surface area contributed by atoms with Gasteiger partial charge in [0, 0.05) is 25.5 Å². The molecule has 0 bridgehead atoms. The molecule has 0 unspecified atom stereocenters. The lowest BCUT2D eigenvalue weighted by molar-refractivity contribution is 0.00413. The SMILES string of the molecule is CC(C)(CN1C[C@@]2(CCC[C@H](Cn3cnc4ccc(C#N)cc43)C2)OC1=O)c1nc(-c2cncnc2)no1. The Morgan fingerprint density at radius 2 is 2.11 bits per heavy atom. The van der Waals surface area contributed by atoms with Gasteiger partial charge in [-0.15, -0.1) is 0 Å². The van der Waals surface area contributed by atoms with E-state index in [0.717, 1.165) is 43.3 Å². The monoisotopic (exact) mass is 512 g/mol. The summed E-state index contributed by atoms with van der Waals surface area (Å²) in [5, 5.41) is 13.4. The Balaban J connectivity index is 1.14. The predicted molar refractivity (Wildman–Crippen MR) is 136 cm³/mol. The van der Waals surface area contributed by atoms with Crippen LogP contribution in [0.2, 0.25) is 0 Å². The third-order valence-electron chi connectivity index (χ3n) is 7.56. The number of aromatic nitrogens is 6. The number of ether oxygens (including phenoxy) is 1. The second-order valence-corrected chi connectivity index (χ2v) is 11.0. The molecule has 4 aromatic rings. The van der Waals surface area contributed by atoms with Crippen LogP contribution in [0.1, 0.15) is 51.0 Å². The van der Waals surface area contributed by atoms with E-state index in [1.165, 1.54) is 6.33 Å². The zero-order chi connectivity index (χ0) is 26.3. The number of hydrogen-bond donors (Lipinski definition) is 0. The van der Waals surface area contributed by atoms with Gasteiger partial charge >= 0.3 is 6.09 Å². The number of nitriles is 1. The zero-order valence-corrected chi connectivity index (χ0v) is 21.4. The van der Waals surface area contributed by atoms with Crippen LogP contribution in [0.15, 0.2) is 47.8 Å². The quantitative estimate of drug-likeness (QED) is 0.374. The van der Waals surface area contributed by atoms with E-state index in [2.05, 4.69) is 35.7 Å². The Morgan fingerprint density at radius 1 is 1.26 bits per heavy atom. The molecule has 0 radical (unpaired) electrons. The topological polar surface area (TPSA) is 136 Å². The largest absolute Gasteiger partial charge is 0.441 e. The number of carbonyl (C=O) groups is 1. The minimum absolute atomic E-state index is 0.304. The highest BCUT2D eigenvalue weighted by molar-refractivity contribution is 5.77. The van der Waals surface area contributed by atoms with Crippen molar-refractivity contribution in [2.24, 2.45) is 5.92 Å². The molecular formula is C27H28N8O3. The van der Waals surface area contributed by atoms with Crippen molar-refractivity contribution in [1.82, 2.24) is 34.6 Å². The molecule has 3 aromatic heterocycles. The fourth-order valence-corrected chi connectivity index (χ4v) is 5.78. The summed E-state index contributed by atoms with van der Waals surface area (Å²) in [6, 6.07) is 7.75. The van der Waals surface area contributed by atoms with Gasteiger partial charge in [-0.1, -0.05) is 5.16 Å². The van der Waals surface area contributed by atoms with Gasteiger partial charge < -0.3 is 18.7 Å². The molecule has 4 heterocycles. The van der Waals surface area contributed by atoms with Crippen LogP contribution in [-0.4, -0.2) is 59.3 Å². The van der Waals surface area contributed by atoms with Crippen molar-refractivity contribution in [1.29, 1.82) is 5.26 Å². The van der Waals surface area contributed by atoms with Crippen molar-refractivity contribution in [3.8, 4) is 17.5 Å². The van der Waals surface area contributed by atoms with Gasteiger partial charge in [0.2, 0.25) is 11.7 Å². The number of benzene rings is 1. The summed E-state index contributed by atoms with van der Waals surface area (Å²) in [5.74, 6) is 1.19. The molecule has 1 saturated carbocycles. The van der Waals surface area contributed by atoms with E-state index in [1.807, 2.05) is 32.3 Å². The summed E-state index contributed by atoms with van der Waals surface area (Å²) in [6.45, 7) is 5.65. The van der Waals surface area contributed by atoms with Gasteiger partial charge in [-0.05, 0) is 63.6 Å². The molecule has 11 nitrogen and oxygen atoms in total. The van der Waals surface area contributed by atoms with Crippen molar-refractivity contribution in [2.45, 2.75) is 57.1 Å². The second kappa shape index (κ2) is 9.20. The van der Waals surface area contributed by atoms with E-state index < -0.39 is 11.0 Å². The molecule has 0 N–H and O–H groups in total. The average Bonchev–Trinajstić information content (AvgIpc) is 3.63. The average molecular weight is 513 g/mol. The molecule has 11 heteroatoms. The van der Waals surface area contributed by atoms with E-state index in [9.17, 15) is 10.1 Å². The molecule has 1 aliphatic carbocycles. The molecule has 2 atom stereocenters. The third-order valence-corrected chi connectivity index (χ3v) is 7.56. The zero-order valence-electron chi connectivity index (χ0n) is 21.4. The smallest absolute Gasteiger partial charge is 0.410 e. The summed E-state index contributed by atoms with van der Waals surface area (Å²) in [4.78, 5) is 31.9. The summed E-state index contributed by atoms with van der Waals surface area (Å²) < 4.78 is 13.8. The van der Waals surface area contributed by atoms with Crippen LogP contribution >= 0.6 is 0 Å². The maximum absolute atomic E-state index is 13.0. The van der Waals surface area contributed by atoms with E-state index in [4.69, 9.17) is 9.26 Å². The van der Waals surface area contributed by atoms with Gasteiger partial charge in [-0.2, -0.15) is 10.2 Å². The number of imidazole rings is 1. The standard InChI is InChI=1S/C27H28N8O3/c1-26(2,24-32-23(33-38-24)20-11-29-16-30-12-20)14-35-15-27(37-25(35)36)7-3-4-19(9-27)13-34-17-31-21-6-5-18(10-28)8-22(21)34/h5-6,8,11-12,16-17,19H,3-4,7,9,13-15H2,1-2H3/t19-,27-/m0/s1. The van der Waals surface area contributed by atoms with Gasteiger partial charge in [-0.25, -0.2) is 19.7 Å². The van der Waals surface area contributed by atoms with E-state index in [0.29, 0.717) is 41.8 Å². The predicted octanol–water partition coefficient (Wildman–Crippen LogP) is 4.11. The van der Waals surface area contributed by atoms with Gasteiger partial charge in [-0.3, -0.25) is 0 Å². The summed E-state index contributed by atoms with van der Waals surface area (Å²) in [7, 11) is 0. The molecule has 38 heavy (non-hydrogen) atoms. The van der Waals surface area contributed by atoms with Crippen molar-refractivity contribution in [3.63, 3.8) is 0 Å². The first-order valence-electron chi connectivity index (χ1n) is 12.8. The van der Waals surface area contributed by atoms with Crippen molar-refractivity contribution < 1.29 is 14.1 Å². The summed E-state index contributed by atoms with van der Waals surface area (Å²) in [5.41, 5.74) is 2.03. The fraction of sp³-hybridized carbons (Fsp3) is 0.444. The number of amides is 1. The maximum atomic E-state index is 13.0. The lowest BCUT2D eigenvalue weighted by Crippen LogP contribution is -2.43. The van der Waals surface area contributed by atoms with Crippen LogP contribution < -0.4 is 0 Å². The molecule has 2 fully saturated rings. The molecule has 1 aliphatic heterocycles. The van der Waals surface area contributed by atoms with Crippen molar-refractivity contribution in [2.75, 3.05) is 13.1 Å². The Hall–Kier alpha value is -4.33. The lowest BCUT2D eigenvalue weighted by atomic mass is 9.77. The highest BCUT2D eigenvalue weighted by atomic mass is 16.6. The molecule has 2 aliphatic rings. The van der Waals surface area contributed by atoms with E-state index in [-0.39, 0.29) is 6.09 Å². The van der Waals surface area contributed by atoms with Gasteiger partial charge in [0.25, 0.3) is 0 Å². The third kappa shape index (κ3) is 4.47. The Kier molecular flexibility index (Phi) is 5.82. The Labute approximate surface area is 219 Å². The van der Waals surface area contributed by atoms with Crippen LogP contribution in [0.3, 0.4) is 0 Å². The normalized spacial score (nSPS) is 21.7. The summed E-state index contributed by atoms with van der Waals surface area (Å²) in [6.07, 6.45) is 9.90. The number of carbonyl (C=O) groups excluding carboxylic acids is 1. The number of rotatable bonds is 6. The maximum Gasteiger partial charge on any atom is 0.410 e. The molecule has 1 amide bonds. The number of nitrogens with zero attached hydrogens (tertiary/aromatic N) is 8. The highest BCUT2D eigenvalue weighted by Gasteiger charge is 2.49. The molecule has 1 aromatic carbocycles. The van der Waals surface area contributed by atoms with Crippen LogP contribution in [0.5, 0.6) is 0 Å².